The fourth-order valence-corrected chi connectivity index (χ4v) is 4.21. The number of hydrogen-bond donors (Lipinski definition) is 0. The summed E-state index contributed by atoms with van der Waals surface area (Å²) in [5, 5.41) is 0. The molecule has 3 nitrogen and oxygen atoms in total. The minimum atomic E-state index is -4.03. The van der Waals surface area contributed by atoms with Gasteiger partial charge in [-0.1, -0.05) is 13.8 Å². The van der Waals surface area contributed by atoms with Crippen LogP contribution in [0.2, 0.25) is 0 Å². The molecule has 0 spiro atoms. The predicted octanol–water partition coefficient (Wildman–Crippen LogP) is 2.98. The average Bonchev–Trinajstić information content (AvgIpc) is 2.73. The quantitative estimate of drug-likeness (QED) is 0.802. The van der Waals surface area contributed by atoms with E-state index in [1.807, 2.05) is 13.8 Å². The van der Waals surface area contributed by atoms with Crippen molar-refractivity contribution in [1.82, 2.24) is 4.31 Å². The number of sulfonamides is 1. The first kappa shape index (κ1) is 15.7. The van der Waals surface area contributed by atoms with E-state index in [-0.39, 0.29) is 23.3 Å². The van der Waals surface area contributed by atoms with Crippen LogP contribution in [0.25, 0.3) is 0 Å². The van der Waals surface area contributed by atoms with E-state index in [4.69, 9.17) is 11.6 Å². The second kappa shape index (κ2) is 5.58. The molecule has 1 heterocycles. The second-order valence-corrected chi connectivity index (χ2v) is 7.47. The molecule has 0 saturated carbocycles. The van der Waals surface area contributed by atoms with Gasteiger partial charge in [0.05, 0.1) is 0 Å². The van der Waals surface area contributed by atoms with Crippen molar-refractivity contribution in [3.05, 3.63) is 29.3 Å². The Kier molecular flexibility index (Phi) is 4.37. The summed E-state index contributed by atoms with van der Waals surface area (Å²) >= 11 is 5.58. The van der Waals surface area contributed by atoms with E-state index in [1.165, 1.54) is 4.31 Å². The summed E-state index contributed by atoms with van der Waals surface area (Å²) in [5.74, 6) is -2.23. The SMILES string of the molecule is CC1CN(S(=O)(=O)c2cc(CCl)cc(F)c2F)CC1C. The summed E-state index contributed by atoms with van der Waals surface area (Å²) in [6.07, 6.45) is 0. The molecule has 1 aliphatic heterocycles. The van der Waals surface area contributed by atoms with Crippen LogP contribution in [0.1, 0.15) is 19.4 Å². The summed E-state index contributed by atoms with van der Waals surface area (Å²) in [6, 6.07) is 2.02. The van der Waals surface area contributed by atoms with Crippen molar-refractivity contribution in [2.24, 2.45) is 11.8 Å². The number of halogens is 3. The molecule has 1 aromatic carbocycles. The molecule has 0 aromatic heterocycles. The molecule has 2 atom stereocenters. The number of hydrogen-bond acceptors (Lipinski definition) is 2. The van der Waals surface area contributed by atoms with Crippen molar-refractivity contribution in [3.63, 3.8) is 0 Å². The third kappa shape index (κ3) is 2.69. The lowest BCUT2D eigenvalue weighted by atomic mass is 10.0. The van der Waals surface area contributed by atoms with Gasteiger partial charge < -0.3 is 0 Å². The number of nitrogens with zero attached hydrogens (tertiary/aromatic N) is 1. The topological polar surface area (TPSA) is 37.4 Å². The Morgan fingerprint density at radius 2 is 1.80 bits per heavy atom. The maximum atomic E-state index is 13.8. The van der Waals surface area contributed by atoms with Gasteiger partial charge in [-0.05, 0) is 29.5 Å². The first-order valence-corrected chi connectivity index (χ1v) is 8.29. The highest BCUT2D eigenvalue weighted by atomic mass is 35.5. The molecule has 112 valence electrons. The Bertz CT molecular complexity index is 611. The maximum Gasteiger partial charge on any atom is 0.246 e. The molecule has 20 heavy (non-hydrogen) atoms. The van der Waals surface area contributed by atoms with Crippen LogP contribution in [0.15, 0.2) is 17.0 Å². The van der Waals surface area contributed by atoms with E-state index in [0.717, 1.165) is 12.1 Å². The number of rotatable bonds is 3. The Labute approximate surface area is 122 Å². The number of benzene rings is 1. The number of alkyl halides is 1. The van der Waals surface area contributed by atoms with Crippen LogP contribution in [0.4, 0.5) is 8.78 Å². The second-order valence-electron chi connectivity index (χ2n) is 5.30. The smallest absolute Gasteiger partial charge is 0.207 e. The van der Waals surface area contributed by atoms with Gasteiger partial charge in [0.2, 0.25) is 10.0 Å². The van der Waals surface area contributed by atoms with Gasteiger partial charge in [-0.3, -0.25) is 0 Å². The molecule has 1 aromatic rings. The van der Waals surface area contributed by atoms with Gasteiger partial charge in [-0.25, -0.2) is 17.2 Å². The van der Waals surface area contributed by atoms with Crippen LogP contribution in [-0.2, 0) is 15.9 Å². The third-order valence-electron chi connectivity index (χ3n) is 3.78. The van der Waals surface area contributed by atoms with Crippen molar-refractivity contribution >= 4 is 21.6 Å². The normalized spacial score (nSPS) is 24.2. The highest BCUT2D eigenvalue weighted by Crippen LogP contribution is 2.30. The largest absolute Gasteiger partial charge is 0.246 e. The molecule has 2 rings (SSSR count). The van der Waals surface area contributed by atoms with Crippen molar-refractivity contribution < 1.29 is 17.2 Å². The zero-order valence-electron chi connectivity index (χ0n) is 11.2. The zero-order valence-corrected chi connectivity index (χ0v) is 12.8. The summed E-state index contributed by atoms with van der Waals surface area (Å²) in [7, 11) is -4.03. The molecule has 0 N–H and O–H groups in total. The summed E-state index contributed by atoms with van der Waals surface area (Å²) in [6.45, 7) is 4.50. The minimum Gasteiger partial charge on any atom is -0.207 e. The first-order chi connectivity index (χ1) is 9.27. The van der Waals surface area contributed by atoms with Crippen LogP contribution in [0, 0.1) is 23.5 Å². The molecular weight excluding hydrogens is 308 g/mol. The molecule has 2 unspecified atom stereocenters. The highest BCUT2D eigenvalue weighted by molar-refractivity contribution is 7.89. The van der Waals surface area contributed by atoms with E-state index < -0.39 is 26.6 Å². The Hall–Kier alpha value is -0.720. The fourth-order valence-electron chi connectivity index (χ4n) is 2.29. The van der Waals surface area contributed by atoms with E-state index in [2.05, 4.69) is 0 Å². The van der Waals surface area contributed by atoms with E-state index in [9.17, 15) is 17.2 Å². The maximum absolute atomic E-state index is 13.8. The van der Waals surface area contributed by atoms with Crippen LogP contribution in [0.3, 0.4) is 0 Å². The van der Waals surface area contributed by atoms with Crippen molar-refractivity contribution in [3.8, 4) is 0 Å². The third-order valence-corrected chi connectivity index (χ3v) is 5.92. The van der Waals surface area contributed by atoms with Crippen molar-refractivity contribution in [1.29, 1.82) is 0 Å². The lowest BCUT2D eigenvalue weighted by Crippen LogP contribution is -2.30. The summed E-state index contributed by atoms with van der Waals surface area (Å²) in [4.78, 5) is -0.630. The van der Waals surface area contributed by atoms with Gasteiger partial charge in [0.25, 0.3) is 0 Å². The predicted molar refractivity (Wildman–Crippen MR) is 73.0 cm³/mol. The molecular formula is C13H16ClF2NO2S. The monoisotopic (exact) mass is 323 g/mol. The molecule has 0 radical (unpaired) electrons. The molecule has 0 aliphatic carbocycles. The molecule has 1 aliphatic rings. The van der Waals surface area contributed by atoms with Gasteiger partial charge in [-0.15, -0.1) is 11.6 Å². The van der Waals surface area contributed by atoms with Gasteiger partial charge in [0.15, 0.2) is 11.6 Å². The molecule has 1 saturated heterocycles. The Balaban J connectivity index is 2.47. The van der Waals surface area contributed by atoms with Gasteiger partial charge >= 0.3 is 0 Å². The van der Waals surface area contributed by atoms with Crippen LogP contribution >= 0.6 is 11.6 Å². The van der Waals surface area contributed by atoms with Gasteiger partial charge in [-0.2, -0.15) is 4.31 Å². The van der Waals surface area contributed by atoms with Crippen LogP contribution in [-0.4, -0.2) is 25.8 Å². The lowest BCUT2D eigenvalue weighted by Gasteiger charge is -2.17. The lowest BCUT2D eigenvalue weighted by molar-refractivity contribution is 0.444. The Morgan fingerprint density at radius 3 is 2.30 bits per heavy atom. The highest BCUT2D eigenvalue weighted by Gasteiger charge is 2.37. The van der Waals surface area contributed by atoms with Crippen LogP contribution < -0.4 is 0 Å². The molecule has 0 amide bonds. The zero-order chi connectivity index (χ0) is 15.1. The minimum absolute atomic E-state index is 0.0769. The van der Waals surface area contributed by atoms with E-state index in [0.29, 0.717) is 13.1 Å². The first-order valence-electron chi connectivity index (χ1n) is 6.31. The van der Waals surface area contributed by atoms with Crippen LogP contribution in [0.5, 0.6) is 0 Å². The van der Waals surface area contributed by atoms with Crippen molar-refractivity contribution in [2.45, 2.75) is 24.6 Å². The molecule has 0 bridgehead atoms. The fraction of sp³-hybridized carbons (Fsp3) is 0.538. The molecule has 1 fully saturated rings. The van der Waals surface area contributed by atoms with Gasteiger partial charge in [0.1, 0.15) is 4.90 Å². The average molecular weight is 324 g/mol. The van der Waals surface area contributed by atoms with E-state index >= 15 is 0 Å². The Morgan fingerprint density at radius 1 is 1.25 bits per heavy atom. The van der Waals surface area contributed by atoms with Crippen molar-refractivity contribution in [2.75, 3.05) is 13.1 Å². The standard InChI is InChI=1S/C13H16ClF2NO2S/c1-8-6-17(7-9(8)2)20(18,19)12-4-10(5-14)3-11(15)13(12)16/h3-4,8-9H,5-7H2,1-2H3. The summed E-state index contributed by atoms with van der Waals surface area (Å²) < 4.78 is 53.4. The van der Waals surface area contributed by atoms with E-state index in [1.54, 1.807) is 0 Å². The molecule has 7 heteroatoms. The van der Waals surface area contributed by atoms with Gasteiger partial charge in [0, 0.05) is 19.0 Å². The summed E-state index contributed by atoms with van der Waals surface area (Å²) in [5.41, 5.74) is 0.240.